The van der Waals surface area contributed by atoms with E-state index in [2.05, 4.69) is 5.32 Å². The van der Waals surface area contributed by atoms with Crippen LogP contribution in [-0.2, 0) is 4.79 Å². The van der Waals surface area contributed by atoms with E-state index in [-0.39, 0.29) is 18.9 Å². The van der Waals surface area contributed by atoms with Gasteiger partial charge in [-0.3, -0.25) is 4.79 Å². The third-order valence-corrected chi connectivity index (χ3v) is 2.11. The van der Waals surface area contributed by atoms with Crippen molar-refractivity contribution in [1.82, 2.24) is 0 Å². The molecule has 0 bridgehead atoms. The second-order valence-electron chi connectivity index (χ2n) is 2.65. The van der Waals surface area contributed by atoms with Crippen molar-refractivity contribution in [2.45, 2.75) is 6.42 Å². The number of carbonyl (C=O) groups excluding carboxylic acids is 1. The maximum atomic E-state index is 11.1. The summed E-state index contributed by atoms with van der Waals surface area (Å²) in [5.74, 6) is -0.295. The van der Waals surface area contributed by atoms with E-state index in [4.69, 9.17) is 28.3 Å². The minimum atomic E-state index is -0.295. The first-order valence-corrected chi connectivity index (χ1v) is 4.75. The fourth-order valence-corrected chi connectivity index (χ4v) is 1.24. The van der Waals surface area contributed by atoms with Crippen LogP contribution in [0.5, 0.6) is 0 Å². The average Bonchev–Trinajstić information content (AvgIpc) is 2.12. The van der Waals surface area contributed by atoms with Gasteiger partial charge in [-0.05, 0) is 18.2 Å². The average molecular weight is 234 g/mol. The van der Waals surface area contributed by atoms with Crippen LogP contribution in [0.4, 0.5) is 5.69 Å². The van der Waals surface area contributed by atoms with Gasteiger partial charge in [-0.15, -0.1) is 0 Å². The van der Waals surface area contributed by atoms with E-state index in [1.54, 1.807) is 18.2 Å². The lowest BCUT2D eigenvalue weighted by molar-refractivity contribution is -0.116. The molecule has 0 spiro atoms. The molecule has 1 rings (SSSR count). The van der Waals surface area contributed by atoms with Crippen molar-refractivity contribution >= 4 is 34.8 Å². The smallest absolute Gasteiger partial charge is 0.226 e. The largest absolute Gasteiger partial charge is 0.396 e. The van der Waals surface area contributed by atoms with Crippen LogP contribution in [0.2, 0.25) is 10.0 Å². The summed E-state index contributed by atoms with van der Waals surface area (Å²) >= 11 is 11.5. The number of benzene rings is 1. The topological polar surface area (TPSA) is 49.3 Å². The maximum Gasteiger partial charge on any atom is 0.226 e. The standard InChI is InChI=1S/C9H9Cl2NO2/c10-6-1-2-7(11)8(5-6)12-9(14)3-4-13/h1-2,5,13H,3-4H2,(H,12,14). The van der Waals surface area contributed by atoms with E-state index in [1.807, 2.05) is 0 Å². The Morgan fingerprint density at radius 1 is 1.43 bits per heavy atom. The molecule has 5 heteroatoms. The molecule has 0 fully saturated rings. The summed E-state index contributed by atoms with van der Waals surface area (Å²) in [6.45, 7) is -0.190. The Morgan fingerprint density at radius 3 is 2.79 bits per heavy atom. The summed E-state index contributed by atoms with van der Waals surface area (Å²) in [6.07, 6.45) is 0.0445. The Balaban J connectivity index is 2.75. The number of halogens is 2. The first-order chi connectivity index (χ1) is 6.63. The first-order valence-electron chi connectivity index (χ1n) is 3.99. The first kappa shape index (κ1) is 11.3. The number of aliphatic hydroxyl groups is 1. The quantitative estimate of drug-likeness (QED) is 0.842. The number of nitrogens with one attached hydrogen (secondary N) is 1. The van der Waals surface area contributed by atoms with E-state index in [0.29, 0.717) is 15.7 Å². The van der Waals surface area contributed by atoms with Crippen molar-refractivity contribution in [2.75, 3.05) is 11.9 Å². The second kappa shape index (κ2) is 5.20. The molecule has 0 radical (unpaired) electrons. The highest BCUT2D eigenvalue weighted by Gasteiger charge is 2.05. The summed E-state index contributed by atoms with van der Waals surface area (Å²) in [5.41, 5.74) is 0.456. The zero-order chi connectivity index (χ0) is 10.6. The summed E-state index contributed by atoms with van der Waals surface area (Å²) in [4.78, 5) is 11.1. The molecule has 76 valence electrons. The van der Waals surface area contributed by atoms with Gasteiger partial charge in [-0.25, -0.2) is 0 Å². The Labute approximate surface area is 91.6 Å². The number of amides is 1. The normalized spacial score (nSPS) is 9.93. The van der Waals surface area contributed by atoms with Crippen molar-refractivity contribution in [3.63, 3.8) is 0 Å². The van der Waals surface area contributed by atoms with Crippen LogP contribution in [0, 0.1) is 0 Å². The number of hydrogen-bond acceptors (Lipinski definition) is 2. The van der Waals surface area contributed by atoms with Gasteiger partial charge in [0.1, 0.15) is 0 Å². The van der Waals surface area contributed by atoms with Gasteiger partial charge in [-0.1, -0.05) is 23.2 Å². The molecule has 0 aliphatic rings. The van der Waals surface area contributed by atoms with Gasteiger partial charge in [0.15, 0.2) is 0 Å². The van der Waals surface area contributed by atoms with Gasteiger partial charge in [0.2, 0.25) is 5.91 Å². The van der Waals surface area contributed by atoms with Crippen molar-refractivity contribution in [1.29, 1.82) is 0 Å². The number of rotatable bonds is 3. The molecule has 0 heterocycles. The zero-order valence-electron chi connectivity index (χ0n) is 7.26. The molecule has 14 heavy (non-hydrogen) atoms. The lowest BCUT2D eigenvalue weighted by atomic mass is 10.3. The molecule has 0 unspecified atom stereocenters. The molecule has 0 saturated carbocycles. The summed E-state index contributed by atoms with van der Waals surface area (Å²) in [7, 11) is 0. The van der Waals surface area contributed by atoms with E-state index < -0.39 is 0 Å². The summed E-state index contributed by atoms with van der Waals surface area (Å²) < 4.78 is 0. The molecule has 0 atom stereocenters. The monoisotopic (exact) mass is 233 g/mol. The van der Waals surface area contributed by atoms with E-state index in [9.17, 15) is 4.79 Å². The summed E-state index contributed by atoms with van der Waals surface area (Å²) in [5, 5.41) is 12.0. The van der Waals surface area contributed by atoms with Crippen LogP contribution < -0.4 is 5.32 Å². The fraction of sp³-hybridized carbons (Fsp3) is 0.222. The van der Waals surface area contributed by atoms with Gasteiger partial charge in [0.05, 0.1) is 23.7 Å². The highest BCUT2D eigenvalue weighted by molar-refractivity contribution is 6.35. The molecule has 1 amide bonds. The zero-order valence-corrected chi connectivity index (χ0v) is 8.77. The van der Waals surface area contributed by atoms with Crippen molar-refractivity contribution < 1.29 is 9.90 Å². The highest BCUT2D eigenvalue weighted by Crippen LogP contribution is 2.25. The third-order valence-electron chi connectivity index (χ3n) is 1.54. The second-order valence-corrected chi connectivity index (χ2v) is 3.49. The van der Waals surface area contributed by atoms with Crippen LogP contribution >= 0.6 is 23.2 Å². The van der Waals surface area contributed by atoms with Crippen LogP contribution in [0.3, 0.4) is 0 Å². The molecule has 2 N–H and O–H groups in total. The van der Waals surface area contributed by atoms with Gasteiger partial charge >= 0.3 is 0 Å². The van der Waals surface area contributed by atoms with E-state index in [1.165, 1.54) is 0 Å². The van der Waals surface area contributed by atoms with Gasteiger partial charge in [0, 0.05) is 5.02 Å². The lowest BCUT2D eigenvalue weighted by Gasteiger charge is -2.06. The van der Waals surface area contributed by atoms with Gasteiger partial charge in [0.25, 0.3) is 0 Å². The number of anilines is 1. The van der Waals surface area contributed by atoms with Crippen LogP contribution in [0.25, 0.3) is 0 Å². The SMILES string of the molecule is O=C(CCO)Nc1cc(Cl)ccc1Cl. The molecule has 1 aromatic carbocycles. The molecular formula is C9H9Cl2NO2. The fourth-order valence-electron chi connectivity index (χ4n) is 0.908. The number of aliphatic hydroxyl groups excluding tert-OH is 1. The Kier molecular flexibility index (Phi) is 4.20. The van der Waals surface area contributed by atoms with Crippen molar-refractivity contribution in [3.8, 4) is 0 Å². The summed E-state index contributed by atoms with van der Waals surface area (Å²) in [6, 6.07) is 4.78. The molecule has 0 aromatic heterocycles. The van der Waals surface area contributed by atoms with Crippen LogP contribution in [-0.4, -0.2) is 17.6 Å². The minimum absolute atomic E-state index is 0.0445. The Bertz CT molecular complexity index is 342. The van der Waals surface area contributed by atoms with Crippen molar-refractivity contribution in [3.05, 3.63) is 28.2 Å². The lowest BCUT2D eigenvalue weighted by Crippen LogP contribution is -2.13. The number of hydrogen-bond donors (Lipinski definition) is 2. The van der Waals surface area contributed by atoms with E-state index >= 15 is 0 Å². The maximum absolute atomic E-state index is 11.1. The van der Waals surface area contributed by atoms with E-state index in [0.717, 1.165) is 0 Å². The Morgan fingerprint density at radius 2 is 2.14 bits per heavy atom. The minimum Gasteiger partial charge on any atom is -0.396 e. The number of carbonyl (C=O) groups is 1. The molecule has 1 aromatic rings. The van der Waals surface area contributed by atoms with Crippen LogP contribution in [0.1, 0.15) is 6.42 Å². The molecule has 0 saturated heterocycles. The third kappa shape index (κ3) is 3.18. The van der Waals surface area contributed by atoms with Crippen molar-refractivity contribution in [2.24, 2.45) is 0 Å². The van der Waals surface area contributed by atoms with Crippen LogP contribution in [0.15, 0.2) is 18.2 Å². The predicted octanol–water partition coefficient (Wildman–Crippen LogP) is 2.31. The van der Waals surface area contributed by atoms with Gasteiger partial charge < -0.3 is 10.4 Å². The highest BCUT2D eigenvalue weighted by atomic mass is 35.5. The molecular weight excluding hydrogens is 225 g/mol. The molecule has 0 aliphatic heterocycles. The molecule has 0 aliphatic carbocycles. The van der Waals surface area contributed by atoms with Gasteiger partial charge in [-0.2, -0.15) is 0 Å². The Hall–Kier alpha value is -0.770. The molecule has 3 nitrogen and oxygen atoms in total. The predicted molar refractivity (Wildman–Crippen MR) is 56.8 cm³/mol.